The highest BCUT2D eigenvalue weighted by atomic mass is 16.5. The summed E-state index contributed by atoms with van der Waals surface area (Å²) in [6, 6.07) is 7.07. The van der Waals surface area contributed by atoms with Crippen LogP contribution in [0.3, 0.4) is 0 Å². The van der Waals surface area contributed by atoms with Crippen LogP contribution >= 0.6 is 0 Å². The summed E-state index contributed by atoms with van der Waals surface area (Å²) in [4.78, 5) is 23.9. The van der Waals surface area contributed by atoms with E-state index in [0.29, 0.717) is 24.6 Å². The maximum absolute atomic E-state index is 12.1. The van der Waals surface area contributed by atoms with Crippen molar-refractivity contribution in [2.45, 2.75) is 32.6 Å². The van der Waals surface area contributed by atoms with Gasteiger partial charge in [0.2, 0.25) is 5.91 Å². The maximum atomic E-state index is 12.1. The fraction of sp³-hybridized carbons (Fsp3) is 0.556. The first-order valence-electron chi connectivity index (χ1n) is 8.42. The number of carbonyl (C=O) groups excluding carboxylic acids is 2. The topological polar surface area (TPSA) is 67.4 Å². The lowest BCUT2D eigenvalue weighted by atomic mass is 10.0. The summed E-state index contributed by atoms with van der Waals surface area (Å²) in [6.07, 6.45) is 2.68. The normalized spacial score (nSPS) is 17.0. The summed E-state index contributed by atoms with van der Waals surface area (Å²) < 4.78 is 5.35. The molecule has 0 bridgehead atoms. The van der Waals surface area contributed by atoms with Gasteiger partial charge in [0.15, 0.2) is 5.78 Å². The lowest BCUT2D eigenvalue weighted by Crippen LogP contribution is -2.26. The second-order valence-electron chi connectivity index (χ2n) is 5.88. The Kier molecular flexibility index (Phi) is 7.07. The Balaban J connectivity index is 1.65. The molecule has 126 valence electrons. The second-order valence-corrected chi connectivity index (χ2v) is 5.88. The van der Waals surface area contributed by atoms with Crippen LogP contribution in [0.15, 0.2) is 24.3 Å². The largest absolute Gasteiger partial charge is 0.494 e. The molecule has 5 heteroatoms. The Morgan fingerprint density at radius 1 is 1.26 bits per heavy atom. The zero-order valence-corrected chi connectivity index (χ0v) is 13.8. The van der Waals surface area contributed by atoms with Crippen LogP contribution in [-0.4, -0.2) is 37.9 Å². The third-order valence-electron chi connectivity index (χ3n) is 4.10. The van der Waals surface area contributed by atoms with E-state index >= 15 is 0 Å². The van der Waals surface area contributed by atoms with Crippen LogP contribution in [0.4, 0.5) is 0 Å². The van der Waals surface area contributed by atoms with Gasteiger partial charge in [0.1, 0.15) is 5.75 Å². The first-order chi connectivity index (χ1) is 11.2. The highest BCUT2D eigenvalue weighted by Gasteiger charge is 2.14. The van der Waals surface area contributed by atoms with Crippen LogP contribution in [0.2, 0.25) is 0 Å². The predicted octanol–water partition coefficient (Wildman–Crippen LogP) is 2.16. The van der Waals surface area contributed by atoms with Gasteiger partial charge in [0, 0.05) is 24.9 Å². The molecule has 0 radical (unpaired) electrons. The van der Waals surface area contributed by atoms with Gasteiger partial charge in [-0.1, -0.05) is 0 Å². The molecule has 1 saturated heterocycles. The summed E-state index contributed by atoms with van der Waals surface area (Å²) in [5, 5.41) is 6.22. The van der Waals surface area contributed by atoms with Crippen LogP contribution in [0.25, 0.3) is 0 Å². The van der Waals surface area contributed by atoms with E-state index in [-0.39, 0.29) is 24.5 Å². The maximum Gasteiger partial charge on any atom is 0.220 e. The first-order valence-corrected chi connectivity index (χ1v) is 8.42. The molecule has 1 fully saturated rings. The Bertz CT molecular complexity index is 508. The van der Waals surface area contributed by atoms with Gasteiger partial charge in [-0.15, -0.1) is 0 Å². The summed E-state index contributed by atoms with van der Waals surface area (Å²) in [7, 11) is 0. The smallest absolute Gasteiger partial charge is 0.220 e. The Morgan fingerprint density at radius 2 is 2.04 bits per heavy atom. The van der Waals surface area contributed by atoms with Gasteiger partial charge in [-0.05, 0) is 63.0 Å². The van der Waals surface area contributed by atoms with E-state index in [2.05, 4.69) is 10.6 Å². The summed E-state index contributed by atoms with van der Waals surface area (Å²) in [5.74, 6) is 1.36. The number of nitrogens with one attached hydrogen (secondary N) is 2. The second kappa shape index (κ2) is 9.30. The van der Waals surface area contributed by atoms with Crippen molar-refractivity contribution in [2.24, 2.45) is 5.92 Å². The average molecular weight is 318 g/mol. The molecule has 1 aliphatic heterocycles. The number of amides is 1. The molecule has 1 aliphatic rings. The number of ether oxygens (including phenoxy) is 1. The van der Waals surface area contributed by atoms with Crippen LogP contribution in [-0.2, 0) is 4.79 Å². The van der Waals surface area contributed by atoms with Crippen molar-refractivity contribution in [2.75, 3.05) is 26.2 Å². The van der Waals surface area contributed by atoms with E-state index in [9.17, 15) is 9.59 Å². The molecule has 1 aromatic carbocycles. The molecule has 1 atom stereocenters. The van der Waals surface area contributed by atoms with E-state index in [1.807, 2.05) is 6.92 Å². The molecule has 1 heterocycles. The molecule has 0 saturated carbocycles. The number of carbonyl (C=O) groups is 2. The zero-order chi connectivity index (χ0) is 16.5. The van der Waals surface area contributed by atoms with E-state index in [1.54, 1.807) is 24.3 Å². The lowest BCUT2D eigenvalue weighted by Gasteiger charge is -2.09. The Labute approximate surface area is 137 Å². The van der Waals surface area contributed by atoms with Crippen LogP contribution in [0, 0.1) is 5.92 Å². The molecule has 0 aliphatic carbocycles. The van der Waals surface area contributed by atoms with Gasteiger partial charge in [0.05, 0.1) is 6.61 Å². The van der Waals surface area contributed by atoms with Crippen molar-refractivity contribution in [3.8, 4) is 5.75 Å². The molecular formula is C18H26N2O3. The molecule has 0 spiro atoms. The van der Waals surface area contributed by atoms with Crippen LogP contribution in [0.5, 0.6) is 5.75 Å². The van der Waals surface area contributed by atoms with Gasteiger partial charge in [-0.2, -0.15) is 0 Å². The molecule has 0 aromatic heterocycles. The SMILES string of the molecule is CCOc1ccc(C(=O)CCC(=O)NCCC2CCNC2)cc1. The van der Waals surface area contributed by atoms with Crippen molar-refractivity contribution in [1.82, 2.24) is 10.6 Å². The number of hydrogen-bond donors (Lipinski definition) is 2. The van der Waals surface area contributed by atoms with Crippen molar-refractivity contribution < 1.29 is 14.3 Å². The number of rotatable bonds is 9. The zero-order valence-electron chi connectivity index (χ0n) is 13.8. The third kappa shape index (κ3) is 6.02. The van der Waals surface area contributed by atoms with Crippen molar-refractivity contribution in [1.29, 1.82) is 0 Å². The molecule has 1 amide bonds. The van der Waals surface area contributed by atoms with E-state index < -0.39 is 0 Å². The summed E-state index contributed by atoms with van der Waals surface area (Å²) in [6.45, 7) is 5.34. The fourth-order valence-corrected chi connectivity index (χ4v) is 2.74. The van der Waals surface area contributed by atoms with Crippen molar-refractivity contribution in [3.05, 3.63) is 29.8 Å². The highest BCUT2D eigenvalue weighted by Crippen LogP contribution is 2.14. The van der Waals surface area contributed by atoms with E-state index in [0.717, 1.165) is 25.3 Å². The number of hydrogen-bond acceptors (Lipinski definition) is 4. The summed E-state index contributed by atoms with van der Waals surface area (Å²) >= 11 is 0. The standard InChI is InChI=1S/C18H26N2O3/c1-2-23-16-5-3-15(4-6-16)17(21)7-8-18(22)20-12-10-14-9-11-19-13-14/h3-6,14,19H,2,7-13H2,1H3,(H,20,22). The van der Waals surface area contributed by atoms with Gasteiger partial charge >= 0.3 is 0 Å². The number of benzene rings is 1. The molecular weight excluding hydrogens is 292 g/mol. The van der Waals surface area contributed by atoms with Gasteiger partial charge in [0.25, 0.3) is 0 Å². The number of Topliss-reactive ketones (excluding diaryl/α,β-unsaturated/α-hetero) is 1. The molecule has 1 unspecified atom stereocenters. The molecule has 2 rings (SSSR count). The molecule has 23 heavy (non-hydrogen) atoms. The highest BCUT2D eigenvalue weighted by molar-refractivity contribution is 5.98. The van der Waals surface area contributed by atoms with Crippen molar-refractivity contribution in [3.63, 3.8) is 0 Å². The van der Waals surface area contributed by atoms with Gasteiger partial charge in [-0.25, -0.2) is 0 Å². The first kappa shape index (κ1) is 17.5. The van der Waals surface area contributed by atoms with Gasteiger partial charge < -0.3 is 15.4 Å². The van der Waals surface area contributed by atoms with Gasteiger partial charge in [-0.3, -0.25) is 9.59 Å². The molecule has 1 aromatic rings. The monoisotopic (exact) mass is 318 g/mol. The fourth-order valence-electron chi connectivity index (χ4n) is 2.74. The quantitative estimate of drug-likeness (QED) is 0.685. The third-order valence-corrected chi connectivity index (χ3v) is 4.10. The average Bonchev–Trinajstić information content (AvgIpc) is 3.07. The number of ketones is 1. The minimum Gasteiger partial charge on any atom is -0.494 e. The molecule has 5 nitrogen and oxygen atoms in total. The van der Waals surface area contributed by atoms with Crippen LogP contribution < -0.4 is 15.4 Å². The molecule has 2 N–H and O–H groups in total. The van der Waals surface area contributed by atoms with E-state index in [4.69, 9.17) is 4.74 Å². The Hall–Kier alpha value is -1.88. The van der Waals surface area contributed by atoms with Crippen LogP contribution in [0.1, 0.15) is 43.0 Å². The Morgan fingerprint density at radius 3 is 2.70 bits per heavy atom. The van der Waals surface area contributed by atoms with E-state index in [1.165, 1.54) is 6.42 Å². The lowest BCUT2D eigenvalue weighted by molar-refractivity contribution is -0.121. The predicted molar refractivity (Wildman–Crippen MR) is 89.8 cm³/mol. The summed E-state index contributed by atoms with van der Waals surface area (Å²) in [5.41, 5.74) is 0.623. The minimum absolute atomic E-state index is 0.0109. The minimum atomic E-state index is -0.0461. The van der Waals surface area contributed by atoms with Crippen molar-refractivity contribution >= 4 is 11.7 Å².